The van der Waals surface area contributed by atoms with Gasteiger partial charge < -0.3 is 14.9 Å². The zero-order valence-corrected chi connectivity index (χ0v) is 13.3. The highest BCUT2D eigenvalue weighted by atomic mass is 16.3. The summed E-state index contributed by atoms with van der Waals surface area (Å²) in [6.45, 7) is 13.9. The van der Waals surface area contributed by atoms with E-state index < -0.39 is 0 Å². The molecular formula is C15H29N3O2. The molecule has 116 valence electrons. The van der Waals surface area contributed by atoms with Gasteiger partial charge in [0.15, 0.2) is 0 Å². The van der Waals surface area contributed by atoms with Gasteiger partial charge in [-0.15, -0.1) is 0 Å². The van der Waals surface area contributed by atoms with Gasteiger partial charge in [0, 0.05) is 52.2 Å². The van der Waals surface area contributed by atoms with Gasteiger partial charge in [0.1, 0.15) is 0 Å². The number of nitrogens with zero attached hydrogens (tertiary/aromatic N) is 3. The zero-order chi connectivity index (χ0) is 14.9. The van der Waals surface area contributed by atoms with Crippen molar-refractivity contribution in [1.29, 1.82) is 0 Å². The SMILES string of the molecule is CC(=O)N1C[C@@H]2CN(CC(C)C)CCN2[C@](C)(CO)C1. The molecule has 0 bridgehead atoms. The molecule has 2 saturated heterocycles. The number of piperazine rings is 2. The molecule has 0 radical (unpaired) electrons. The van der Waals surface area contributed by atoms with Crippen molar-refractivity contribution in [3.8, 4) is 0 Å². The number of carbonyl (C=O) groups is 1. The molecule has 0 unspecified atom stereocenters. The highest BCUT2D eigenvalue weighted by molar-refractivity contribution is 5.73. The van der Waals surface area contributed by atoms with E-state index in [0.717, 1.165) is 32.7 Å². The van der Waals surface area contributed by atoms with Gasteiger partial charge in [-0.1, -0.05) is 13.8 Å². The number of fused-ring (bicyclic) bond motifs is 1. The standard InChI is InChI=1S/C15H29N3O2/c1-12(2)7-16-5-6-18-14(8-16)9-17(13(3)20)10-15(18,4)11-19/h12,14,19H,5-11H2,1-4H3/t14-,15-/m0/s1. The molecule has 2 heterocycles. The number of amides is 1. The van der Waals surface area contributed by atoms with Gasteiger partial charge in [0.2, 0.25) is 5.91 Å². The molecule has 0 spiro atoms. The Hall–Kier alpha value is -0.650. The van der Waals surface area contributed by atoms with Gasteiger partial charge >= 0.3 is 0 Å². The molecule has 0 aliphatic carbocycles. The third kappa shape index (κ3) is 3.15. The third-order valence-electron chi connectivity index (χ3n) is 4.63. The van der Waals surface area contributed by atoms with Crippen LogP contribution in [0.4, 0.5) is 0 Å². The van der Waals surface area contributed by atoms with Crippen molar-refractivity contribution in [3.05, 3.63) is 0 Å². The topological polar surface area (TPSA) is 47.0 Å². The van der Waals surface area contributed by atoms with Crippen LogP contribution in [0.3, 0.4) is 0 Å². The molecule has 2 aliphatic rings. The molecule has 0 aromatic carbocycles. The first-order chi connectivity index (χ1) is 9.35. The maximum atomic E-state index is 11.7. The molecule has 2 fully saturated rings. The Balaban J connectivity index is 2.11. The second-order valence-electron chi connectivity index (χ2n) is 7.06. The van der Waals surface area contributed by atoms with Crippen molar-refractivity contribution >= 4 is 5.91 Å². The first-order valence-corrected chi connectivity index (χ1v) is 7.71. The van der Waals surface area contributed by atoms with E-state index >= 15 is 0 Å². The van der Waals surface area contributed by atoms with Crippen LogP contribution in [0.1, 0.15) is 27.7 Å². The Morgan fingerprint density at radius 2 is 2.05 bits per heavy atom. The predicted molar refractivity (Wildman–Crippen MR) is 79.5 cm³/mol. The van der Waals surface area contributed by atoms with Crippen LogP contribution in [0.25, 0.3) is 0 Å². The fraction of sp³-hybridized carbons (Fsp3) is 0.933. The molecule has 1 amide bonds. The Kier molecular flexibility index (Phi) is 4.72. The van der Waals surface area contributed by atoms with Gasteiger partial charge in [-0.3, -0.25) is 9.69 Å². The van der Waals surface area contributed by atoms with Crippen molar-refractivity contribution in [2.45, 2.75) is 39.3 Å². The molecule has 5 heteroatoms. The summed E-state index contributed by atoms with van der Waals surface area (Å²) in [5.41, 5.74) is -0.293. The second-order valence-corrected chi connectivity index (χ2v) is 7.06. The second kappa shape index (κ2) is 6.00. The van der Waals surface area contributed by atoms with Crippen molar-refractivity contribution in [2.24, 2.45) is 5.92 Å². The molecule has 20 heavy (non-hydrogen) atoms. The van der Waals surface area contributed by atoms with Gasteiger partial charge in [-0.25, -0.2) is 0 Å². The van der Waals surface area contributed by atoms with Crippen LogP contribution >= 0.6 is 0 Å². The normalized spacial score (nSPS) is 32.5. The average molecular weight is 283 g/mol. The molecule has 0 aromatic heterocycles. The lowest BCUT2D eigenvalue weighted by molar-refractivity contribution is -0.143. The van der Waals surface area contributed by atoms with Crippen molar-refractivity contribution in [1.82, 2.24) is 14.7 Å². The Morgan fingerprint density at radius 1 is 1.35 bits per heavy atom. The lowest BCUT2D eigenvalue weighted by Gasteiger charge is -2.56. The smallest absolute Gasteiger partial charge is 0.219 e. The molecule has 5 nitrogen and oxygen atoms in total. The number of hydrogen-bond donors (Lipinski definition) is 1. The number of carbonyl (C=O) groups excluding carboxylic acids is 1. The molecule has 0 aromatic rings. The lowest BCUT2D eigenvalue weighted by atomic mass is 9.91. The minimum atomic E-state index is -0.293. The van der Waals surface area contributed by atoms with Gasteiger partial charge in [-0.05, 0) is 12.8 Å². The molecular weight excluding hydrogens is 254 g/mol. The van der Waals surface area contributed by atoms with Crippen molar-refractivity contribution in [3.63, 3.8) is 0 Å². The summed E-state index contributed by atoms with van der Waals surface area (Å²) < 4.78 is 0. The Morgan fingerprint density at radius 3 is 2.60 bits per heavy atom. The van der Waals surface area contributed by atoms with E-state index in [2.05, 4.69) is 30.6 Å². The summed E-state index contributed by atoms with van der Waals surface area (Å²) >= 11 is 0. The summed E-state index contributed by atoms with van der Waals surface area (Å²) in [5.74, 6) is 0.781. The van der Waals surface area contributed by atoms with Crippen LogP contribution in [0.5, 0.6) is 0 Å². The highest BCUT2D eigenvalue weighted by Crippen LogP contribution is 2.28. The Labute approximate surface area is 122 Å². The molecule has 1 N–H and O–H groups in total. The van der Waals surface area contributed by atoms with E-state index in [0.29, 0.717) is 18.5 Å². The van der Waals surface area contributed by atoms with Crippen molar-refractivity contribution in [2.75, 3.05) is 45.9 Å². The summed E-state index contributed by atoms with van der Waals surface area (Å²) in [6.07, 6.45) is 0. The largest absolute Gasteiger partial charge is 0.394 e. The lowest BCUT2D eigenvalue weighted by Crippen LogP contribution is -2.72. The first-order valence-electron chi connectivity index (χ1n) is 7.71. The zero-order valence-electron chi connectivity index (χ0n) is 13.3. The fourth-order valence-electron chi connectivity index (χ4n) is 3.67. The van der Waals surface area contributed by atoms with E-state index in [1.165, 1.54) is 0 Å². The molecule has 0 saturated carbocycles. The van der Waals surface area contributed by atoms with Gasteiger partial charge in [-0.2, -0.15) is 0 Å². The number of hydrogen-bond acceptors (Lipinski definition) is 4. The summed E-state index contributed by atoms with van der Waals surface area (Å²) in [7, 11) is 0. The molecule has 2 atom stereocenters. The van der Waals surface area contributed by atoms with E-state index in [4.69, 9.17) is 0 Å². The van der Waals surface area contributed by atoms with Crippen LogP contribution in [0.2, 0.25) is 0 Å². The van der Waals surface area contributed by atoms with Crippen molar-refractivity contribution < 1.29 is 9.90 Å². The predicted octanol–water partition coefficient (Wildman–Crippen LogP) is 0.242. The highest BCUT2D eigenvalue weighted by Gasteiger charge is 2.45. The van der Waals surface area contributed by atoms with E-state index in [-0.39, 0.29) is 18.1 Å². The monoisotopic (exact) mass is 283 g/mol. The molecule has 2 aliphatic heterocycles. The van der Waals surface area contributed by atoms with Crippen LogP contribution in [-0.4, -0.2) is 83.2 Å². The van der Waals surface area contributed by atoms with E-state index in [1.54, 1.807) is 6.92 Å². The fourth-order valence-corrected chi connectivity index (χ4v) is 3.67. The molecule has 2 rings (SSSR count). The van der Waals surface area contributed by atoms with Crippen LogP contribution in [0, 0.1) is 5.92 Å². The van der Waals surface area contributed by atoms with Gasteiger partial charge in [0.25, 0.3) is 0 Å². The minimum Gasteiger partial charge on any atom is -0.394 e. The van der Waals surface area contributed by atoms with Crippen LogP contribution in [0.15, 0.2) is 0 Å². The summed E-state index contributed by atoms with van der Waals surface area (Å²) in [5, 5.41) is 9.81. The minimum absolute atomic E-state index is 0.109. The number of aliphatic hydroxyl groups is 1. The van der Waals surface area contributed by atoms with E-state index in [1.807, 2.05) is 4.90 Å². The maximum absolute atomic E-state index is 11.7. The third-order valence-corrected chi connectivity index (χ3v) is 4.63. The maximum Gasteiger partial charge on any atom is 0.219 e. The van der Waals surface area contributed by atoms with E-state index in [9.17, 15) is 9.90 Å². The van der Waals surface area contributed by atoms with Crippen LogP contribution in [-0.2, 0) is 4.79 Å². The summed E-state index contributed by atoms with van der Waals surface area (Å²) in [4.78, 5) is 18.6. The average Bonchev–Trinajstić information content (AvgIpc) is 2.37. The summed E-state index contributed by atoms with van der Waals surface area (Å²) in [6, 6.07) is 0.345. The first kappa shape index (κ1) is 15.7. The quantitative estimate of drug-likeness (QED) is 0.806. The number of aliphatic hydroxyl groups excluding tert-OH is 1. The van der Waals surface area contributed by atoms with Crippen LogP contribution < -0.4 is 0 Å². The number of rotatable bonds is 3. The van der Waals surface area contributed by atoms with Gasteiger partial charge in [0.05, 0.1) is 12.1 Å². The Bertz CT molecular complexity index is 361.